The zero-order chi connectivity index (χ0) is 13.7. The number of aromatic nitrogens is 2. The van der Waals surface area contributed by atoms with Gasteiger partial charge < -0.3 is 16.0 Å². The summed E-state index contributed by atoms with van der Waals surface area (Å²) in [6.45, 7) is 6.79. The fourth-order valence-corrected chi connectivity index (χ4v) is 2.77. The Morgan fingerprint density at radius 2 is 2.16 bits per heavy atom. The smallest absolute Gasteiger partial charge is 0.191 e. The van der Waals surface area contributed by atoms with Gasteiger partial charge in [0.2, 0.25) is 0 Å². The number of nitrogens with zero attached hydrogens (tertiary/aromatic N) is 3. The van der Waals surface area contributed by atoms with Crippen molar-refractivity contribution in [2.45, 2.75) is 24.9 Å². The highest BCUT2D eigenvalue weighted by molar-refractivity contribution is 7.98. The minimum absolute atomic E-state index is 0.530. The zero-order valence-electron chi connectivity index (χ0n) is 11.7. The summed E-state index contributed by atoms with van der Waals surface area (Å²) in [5, 5.41) is 4.13. The number of thioether (sulfide) groups is 1. The standard InChI is InChI=1S/C13H23N5S/c1-3-18-6-4-10(5-7-18)9-15-12-8-11(14)16-13(17-12)19-2/h8,10H,3-7,9H2,1-2H3,(H3,14,15,16,17). The molecule has 1 aliphatic rings. The van der Waals surface area contributed by atoms with E-state index in [-0.39, 0.29) is 0 Å². The number of nitrogen functional groups attached to an aromatic ring is 1. The normalized spacial score (nSPS) is 17.6. The summed E-state index contributed by atoms with van der Waals surface area (Å²) in [6.07, 6.45) is 4.48. The first-order valence-corrected chi connectivity index (χ1v) is 8.08. The van der Waals surface area contributed by atoms with Crippen LogP contribution >= 0.6 is 11.8 Å². The van der Waals surface area contributed by atoms with Gasteiger partial charge in [0.15, 0.2) is 5.16 Å². The molecule has 0 aromatic carbocycles. The van der Waals surface area contributed by atoms with Crippen LogP contribution in [0.4, 0.5) is 11.6 Å². The summed E-state index contributed by atoms with van der Waals surface area (Å²) in [7, 11) is 0. The topological polar surface area (TPSA) is 67.1 Å². The predicted octanol–water partition coefficient (Wildman–Crippen LogP) is 1.92. The number of hydrogen-bond acceptors (Lipinski definition) is 6. The molecule has 0 atom stereocenters. The molecule has 0 spiro atoms. The third-order valence-corrected chi connectivity index (χ3v) is 4.18. The molecule has 106 valence electrons. The van der Waals surface area contributed by atoms with Gasteiger partial charge in [0, 0.05) is 12.6 Å². The van der Waals surface area contributed by atoms with Crippen molar-refractivity contribution in [1.29, 1.82) is 0 Å². The van der Waals surface area contributed by atoms with Crippen LogP contribution in [0.1, 0.15) is 19.8 Å². The van der Waals surface area contributed by atoms with Crippen molar-refractivity contribution in [2.75, 3.05) is 43.5 Å². The Balaban J connectivity index is 1.84. The monoisotopic (exact) mass is 281 g/mol. The molecule has 1 aromatic heterocycles. The van der Waals surface area contributed by atoms with Crippen LogP contribution in [0.25, 0.3) is 0 Å². The maximum atomic E-state index is 5.77. The average Bonchev–Trinajstić information content (AvgIpc) is 2.45. The lowest BCUT2D eigenvalue weighted by Gasteiger charge is -2.31. The lowest BCUT2D eigenvalue weighted by atomic mass is 9.97. The number of piperidine rings is 1. The van der Waals surface area contributed by atoms with E-state index in [1.54, 1.807) is 6.07 Å². The minimum atomic E-state index is 0.530. The van der Waals surface area contributed by atoms with Crippen LogP contribution in [0.5, 0.6) is 0 Å². The number of likely N-dealkylation sites (tertiary alicyclic amines) is 1. The molecule has 5 nitrogen and oxygen atoms in total. The Morgan fingerprint density at radius 3 is 2.79 bits per heavy atom. The number of anilines is 2. The van der Waals surface area contributed by atoms with Crippen molar-refractivity contribution >= 4 is 23.4 Å². The minimum Gasteiger partial charge on any atom is -0.383 e. The van der Waals surface area contributed by atoms with Crippen LogP contribution in [-0.4, -0.2) is 47.3 Å². The summed E-state index contributed by atoms with van der Waals surface area (Å²) in [4.78, 5) is 11.1. The van der Waals surface area contributed by atoms with E-state index in [1.165, 1.54) is 44.2 Å². The molecule has 3 N–H and O–H groups in total. The van der Waals surface area contributed by atoms with Gasteiger partial charge in [-0.2, -0.15) is 0 Å². The molecule has 1 saturated heterocycles. The number of nitrogens with two attached hydrogens (primary N) is 1. The van der Waals surface area contributed by atoms with E-state index < -0.39 is 0 Å². The summed E-state index contributed by atoms with van der Waals surface area (Å²) in [5.74, 6) is 2.11. The van der Waals surface area contributed by atoms with Crippen molar-refractivity contribution in [3.63, 3.8) is 0 Å². The van der Waals surface area contributed by atoms with E-state index in [2.05, 4.69) is 27.1 Å². The molecule has 0 amide bonds. The van der Waals surface area contributed by atoms with Gasteiger partial charge in [-0.25, -0.2) is 9.97 Å². The molecule has 0 unspecified atom stereocenters. The highest BCUT2D eigenvalue weighted by atomic mass is 32.2. The Morgan fingerprint density at radius 1 is 1.42 bits per heavy atom. The van der Waals surface area contributed by atoms with Crippen molar-refractivity contribution in [3.05, 3.63) is 6.07 Å². The van der Waals surface area contributed by atoms with Crippen molar-refractivity contribution in [3.8, 4) is 0 Å². The van der Waals surface area contributed by atoms with Gasteiger partial charge in [-0.15, -0.1) is 0 Å². The van der Waals surface area contributed by atoms with Crippen molar-refractivity contribution in [1.82, 2.24) is 14.9 Å². The van der Waals surface area contributed by atoms with Gasteiger partial charge in [0.05, 0.1) is 0 Å². The molecule has 0 aliphatic carbocycles. The summed E-state index contributed by atoms with van der Waals surface area (Å²) in [5.41, 5.74) is 5.77. The maximum Gasteiger partial charge on any atom is 0.191 e. The molecule has 0 saturated carbocycles. The maximum absolute atomic E-state index is 5.77. The first-order chi connectivity index (χ1) is 9.21. The molecular weight excluding hydrogens is 258 g/mol. The summed E-state index contributed by atoms with van der Waals surface area (Å²) in [6, 6.07) is 1.81. The van der Waals surface area contributed by atoms with Crippen LogP contribution < -0.4 is 11.1 Å². The Hall–Kier alpha value is -1.01. The summed E-state index contributed by atoms with van der Waals surface area (Å²) < 4.78 is 0. The fourth-order valence-electron chi connectivity index (χ4n) is 2.38. The molecule has 6 heteroatoms. The molecular formula is C13H23N5S. The zero-order valence-corrected chi connectivity index (χ0v) is 12.5. The second-order valence-electron chi connectivity index (χ2n) is 4.92. The molecule has 0 radical (unpaired) electrons. The van der Waals surface area contributed by atoms with Gasteiger partial charge in [-0.1, -0.05) is 18.7 Å². The highest BCUT2D eigenvalue weighted by Gasteiger charge is 2.17. The molecule has 19 heavy (non-hydrogen) atoms. The highest BCUT2D eigenvalue weighted by Crippen LogP contribution is 2.19. The third kappa shape index (κ3) is 4.24. The lowest BCUT2D eigenvalue weighted by Crippen LogP contribution is -2.35. The molecule has 0 bridgehead atoms. The van der Waals surface area contributed by atoms with Crippen LogP contribution in [0.3, 0.4) is 0 Å². The SMILES string of the molecule is CCN1CCC(CNc2cc(N)nc(SC)n2)CC1. The van der Waals surface area contributed by atoms with Gasteiger partial charge in [0.25, 0.3) is 0 Å². The van der Waals surface area contributed by atoms with Gasteiger partial charge >= 0.3 is 0 Å². The second kappa shape index (κ2) is 6.96. The Bertz CT molecular complexity index is 404. The van der Waals surface area contributed by atoms with Crippen molar-refractivity contribution in [2.24, 2.45) is 5.92 Å². The largest absolute Gasteiger partial charge is 0.383 e. The quantitative estimate of drug-likeness (QED) is 0.635. The van der Waals surface area contributed by atoms with E-state index in [0.717, 1.165) is 23.4 Å². The molecule has 1 fully saturated rings. The first kappa shape index (κ1) is 14.4. The summed E-state index contributed by atoms with van der Waals surface area (Å²) >= 11 is 1.51. The fraction of sp³-hybridized carbons (Fsp3) is 0.692. The lowest BCUT2D eigenvalue weighted by molar-refractivity contribution is 0.198. The molecule has 2 heterocycles. The Kier molecular flexibility index (Phi) is 5.27. The number of nitrogens with one attached hydrogen (secondary N) is 1. The molecule has 1 aromatic rings. The molecule has 2 rings (SSSR count). The second-order valence-corrected chi connectivity index (χ2v) is 5.70. The number of rotatable bonds is 5. The average molecular weight is 281 g/mol. The van der Waals surface area contributed by atoms with Gasteiger partial charge in [-0.05, 0) is 44.6 Å². The van der Waals surface area contributed by atoms with Gasteiger partial charge in [0.1, 0.15) is 11.6 Å². The van der Waals surface area contributed by atoms with Crippen LogP contribution in [0.2, 0.25) is 0 Å². The Labute approximate surface area is 119 Å². The van der Waals surface area contributed by atoms with Crippen molar-refractivity contribution < 1.29 is 0 Å². The van der Waals surface area contributed by atoms with Crippen LogP contribution in [0, 0.1) is 5.92 Å². The number of hydrogen-bond donors (Lipinski definition) is 2. The third-order valence-electron chi connectivity index (χ3n) is 3.63. The first-order valence-electron chi connectivity index (χ1n) is 6.86. The molecule has 1 aliphatic heterocycles. The van der Waals surface area contributed by atoms with E-state index in [0.29, 0.717) is 5.82 Å². The van der Waals surface area contributed by atoms with E-state index >= 15 is 0 Å². The van der Waals surface area contributed by atoms with Crippen LogP contribution in [0.15, 0.2) is 11.2 Å². The van der Waals surface area contributed by atoms with Gasteiger partial charge in [-0.3, -0.25) is 0 Å². The van der Waals surface area contributed by atoms with E-state index in [1.807, 2.05) is 6.26 Å². The van der Waals surface area contributed by atoms with E-state index in [9.17, 15) is 0 Å². The van der Waals surface area contributed by atoms with E-state index in [4.69, 9.17) is 5.73 Å². The predicted molar refractivity (Wildman–Crippen MR) is 81.6 cm³/mol. The van der Waals surface area contributed by atoms with Crippen LogP contribution in [-0.2, 0) is 0 Å².